The van der Waals surface area contributed by atoms with Gasteiger partial charge in [0.2, 0.25) is 5.91 Å². The van der Waals surface area contributed by atoms with Crippen molar-refractivity contribution in [3.05, 3.63) is 29.8 Å². The molecule has 0 saturated heterocycles. The molecule has 4 nitrogen and oxygen atoms in total. The first-order valence-electron chi connectivity index (χ1n) is 6.61. The molecule has 0 aliphatic rings. The third kappa shape index (κ3) is 5.65. The van der Waals surface area contributed by atoms with Crippen molar-refractivity contribution in [3.63, 3.8) is 0 Å². The largest absolute Gasteiger partial charge is 0.469 e. The molecule has 110 valence electrons. The Balaban J connectivity index is 2.35. The van der Waals surface area contributed by atoms with Crippen molar-refractivity contribution in [1.29, 1.82) is 0 Å². The molecule has 20 heavy (non-hydrogen) atoms. The first-order valence-corrected chi connectivity index (χ1v) is 7.76. The number of hydrogen-bond acceptors (Lipinski definition) is 4. The molecule has 0 fully saturated rings. The van der Waals surface area contributed by atoms with Crippen LogP contribution in [0.15, 0.2) is 24.3 Å². The van der Waals surface area contributed by atoms with Crippen molar-refractivity contribution in [1.82, 2.24) is 0 Å². The lowest BCUT2D eigenvalue weighted by Crippen LogP contribution is -2.18. The predicted octanol–water partition coefficient (Wildman–Crippen LogP) is 2.73. The van der Waals surface area contributed by atoms with Crippen LogP contribution in [0, 0.1) is 5.92 Å². The van der Waals surface area contributed by atoms with E-state index in [1.54, 1.807) is 6.92 Å². The molecule has 0 saturated carbocycles. The van der Waals surface area contributed by atoms with Gasteiger partial charge in [-0.2, -0.15) is 11.8 Å². The van der Waals surface area contributed by atoms with E-state index in [-0.39, 0.29) is 17.8 Å². The Morgan fingerprint density at radius 1 is 1.40 bits per heavy atom. The molecule has 0 heterocycles. The lowest BCUT2D eigenvalue weighted by atomic mass is 10.1. The van der Waals surface area contributed by atoms with Crippen LogP contribution in [0.25, 0.3) is 0 Å². The number of carbonyl (C=O) groups excluding carboxylic acids is 2. The minimum Gasteiger partial charge on any atom is -0.469 e. The van der Waals surface area contributed by atoms with E-state index in [4.69, 9.17) is 0 Å². The number of hydrogen-bond donors (Lipinski definition) is 1. The number of nitrogens with one attached hydrogen (secondary N) is 1. The van der Waals surface area contributed by atoms with E-state index >= 15 is 0 Å². The average molecular weight is 295 g/mol. The maximum Gasteiger partial charge on any atom is 0.309 e. The second-order valence-electron chi connectivity index (χ2n) is 4.54. The molecular weight excluding hydrogens is 274 g/mol. The summed E-state index contributed by atoms with van der Waals surface area (Å²) < 4.78 is 4.64. The maximum absolute atomic E-state index is 11.8. The fourth-order valence-corrected chi connectivity index (χ4v) is 2.53. The topological polar surface area (TPSA) is 55.4 Å². The summed E-state index contributed by atoms with van der Waals surface area (Å²) in [6.07, 6.45) is 0.940. The number of ether oxygens (including phenoxy) is 1. The van der Waals surface area contributed by atoms with E-state index in [1.807, 2.05) is 24.3 Å². The lowest BCUT2D eigenvalue weighted by Gasteiger charge is -2.09. The van der Waals surface area contributed by atoms with Gasteiger partial charge in [0.15, 0.2) is 0 Å². The summed E-state index contributed by atoms with van der Waals surface area (Å²) >= 11 is 1.43. The molecule has 0 aromatic heterocycles. The fraction of sp³-hybridized carbons (Fsp3) is 0.467. The molecule has 5 heteroatoms. The maximum atomic E-state index is 11.8. The van der Waals surface area contributed by atoms with Gasteiger partial charge in [0.1, 0.15) is 0 Å². The SMILES string of the molecule is CCc1cccc(NC(=O)CSCC(C)C(=O)OC)c1. The van der Waals surface area contributed by atoms with E-state index in [0.717, 1.165) is 12.1 Å². The monoisotopic (exact) mass is 295 g/mol. The van der Waals surface area contributed by atoms with E-state index < -0.39 is 0 Å². The number of methoxy groups -OCH3 is 1. The highest BCUT2D eigenvalue weighted by Crippen LogP contribution is 2.13. The molecule has 0 aliphatic heterocycles. The Labute approximate surface area is 124 Å². The van der Waals surface area contributed by atoms with Gasteiger partial charge in [0, 0.05) is 11.4 Å². The van der Waals surface area contributed by atoms with Crippen molar-refractivity contribution >= 4 is 29.3 Å². The summed E-state index contributed by atoms with van der Waals surface area (Å²) in [7, 11) is 1.37. The number of thioether (sulfide) groups is 1. The van der Waals surface area contributed by atoms with Crippen LogP contribution in [0.3, 0.4) is 0 Å². The Morgan fingerprint density at radius 3 is 2.80 bits per heavy atom. The molecule has 0 aliphatic carbocycles. The van der Waals surface area contributed by atoms with Gasteiger partial charge in [-0.05, 0) is 24.1 Å². The molecule has 1 aromatic rings. The number of amides is 1. The number of anilines is 1. The van der Waals surface area contributed by atoms with Gasteiger partial charge < -0.3 is 10.1 Å². The normalized spacial score (nSPS) is 11.8. The highest BCUT2D eigenvalue weighted by atomic mass is 32.2. The van der Waals surface area contributed by atoms with Crippen molar-refractivity contribution in [3.8, 4) is 0 Å². The van der Waals surface area contributed by atoms with Crippen molar-refractivity contribution in [2.45, 2.75) is 20.3 Å². The van der Waals surface area contributed by atoms with Crippen LogP contribution < -0.4 is 5.32 Å². The molecule has 1 amide bonds. The van der Waals surface area contributed by atoms with Gasteiger partial charge in [-0.25, -0.2) is 0 Å². The predicted molar refractivity (Wildman–Crippen MR) is 83.0 cm³/mol. The Hall–Kier alpha value is -1.49. The molecule has 1 aromatic carbocycles. The standard InChI is InChI=1S/C15H21NO3S/c1-4-12-6-5-7-13(8-12)16-14(17)10-20-9-11(2)15(18)19-3/h5-8,11H,4,9-10H2,1-3H3,(H,16,17). The molecule has 1 atom stereocenters. The van der Waals surface area contributed by atoms with Crippen LogP contribution in [0.5, 0.6) is 0 Å². The van der Waals surface area contributed by atoms with E-state index in [1.165, 1.54) is 24.4 Å². The smallest absolute Gasteiger partial charge is 0.309 e. The molecule has 0 spiro atoms. The van der Waals surface area contributed by atoms with Crippen LogP contribution in [-0.4, -0.2) is 30.5 Å². The summed E-state index contributed by atoms with van der Waals surface area (Å²) in [6, 6.07) is 7.81. The summed E-state index contributed by atoms with van der Waals surface area (Å²) in [5.41, 5.74) is 2.01. The molecule has 1 unspecified atom stereocenters. The van der Waals surface area contributed by atoms with Gasteiger partial charge >= 0.3 is 5.97 Å². The summed E-state index contributed by atoms with van der Waals surface area (Å²) in [4.78, 5) is 23.0. The molecule has 1 N–H and O–H groups in total. The zero-order chi connectivity index (χ0) is 15.0. The minimum absolute atomic E-state index is 0.0553. The van der Waals surface area contributed by atoms with Crippen molar-refractivity contribution < 1.29 is 14.3 Å². The van der Waals surface area contributed by atoms with Gasteiger partial charge in [-0.3, -0.25) is 9.59 Å². The van der Waals surface area contributed by atoms with Gasteiger partial charge in [-0.15, -0.1) is 0 Å². The summed E-state index contributed by atoms with van der Waals surface area (Å²) in [5.74, 6) is 0.419. The lowest BCUT2D eigenvalue weighted by molar-refractivity contribution is -0.144. The van der Waals surface area contributed by atoms with Crippen LogP contribution in [-0.2, 0) is 20.7 Å². The highest BCUT2D eigenvalue weighted by Gasteiger charge is 2.13. The summed E-state index contributed by atoms with van der Waals surface area (Å²) in [5, 5.41) is 2.86. The number of aryl methyl sites for hydroxylation is 1. The minimum atomic E-state index is -0.242. The average Bonchev–Trinajstić information content (AvgIpc) is 2.46. The first kappa shape index (κ1) is 16.6. The number of benzene rings is 1. The van der Waals surface area contributed by atoms with E-state index in [9.17, 15) is 9.59 Å². The zero-order valence-electron chi connectivity index (χ0n) is 12.1. The highest BCUT2D eigenvalue weighted by molar-refractivity contribution is 8.00. The molecule has 0 bridgehead atoms. The van der Waals surface area contributed by atoms with Gasteiger partial charge in [0.05, 0.1) is 18.8 Å². The van der Waals surface area contributed by atoms with Crippen LogP contribution in [0.1, 0.15) is 19.4 Å². The zero-order valence-corrected chi connectivity index (χ0v) is 13.0. The van der Waals surface area contributed by atoms with E-state index in [0.29, 0.717) is 11.5 Å². The van der Waals surface area contributed by atoms with Crippen molar-refractivity contribution in [2.75, 3.05) is 23.9 Å². The quantitative estimate of drug-likeness (QED) is 0.786. The van der Waals surface area contributed by atoms with Crippen LogP contribution in [0.2, 0.25) is 0 Å². The Morgan fingerprint density at radius 2 is 2.15 bits per heavy atom. The Bertz CT molecular complexity index is 462. The van der Waals surface area contributed by atoms with Gasteiger partial charge in [0.25, 0.3) is 0 Å². The Kier molecular flexibility index (Phi) is 7.15. The van der Waals surface area contributed by atoms with Gasteiger partial charge in [-0.1, -0.05) is 26.0 Å². The van der Waals surface area contributed by atoms with Crippen molar-refractivity contribution in [2.24, 2.45) is 5.92 Å². The number of esters is 1. The van der Waals surface area contributed by atoms with E-state index in [2.05, 4.69) is 17.0 Å². The fourth-order valence-electron chi connectivity index (χ4n) is 1.66. The molecular formula is C15H21NO3S. The van der Waals surface area contributed by atoms with Crippen LogP contribution >= 0.6 is 11.8 Å². The first-order chi connectivity index (χ1) is 9.56. The molecule has 1 rings (SSSR count). The summed E-state index contributed by atoms with van der Waals surface area (Å²) in [6.45, 7) is 3.87. The second kappa shape index (κ2) is 8.64. The van der Waals surface area contributed by atoms with Crippen LogP contribution in [0.4, 0.5) is 5.69 Å². The third-order valence-electron chi connectivity index (χ3n) is 2.82. The third-order valence-corrected chi connectivity index (χ3v) is 4.03. The number of carbonyl (C=O) groups is 2. The second-order valence-corrected chi connectivity index (χ2v) is 5.57. The number of rotatable bonds is 7. The molecule has 0 radical (unpaired) electrons.